The third-order valence-electron chi connectivity index (χ3n) is 2.65. The molecule has 1 aliphatic heterocycles. The summed E-state index contributed by atoms with van der Waals surface area (Å²) in [4.78, 5) is 34.8. The molecule has 2 N–H and O–H groups in total. The summed E-state index contributed by atoms with van der Waals surface area (Å²) < 4.78 is 0. The van der Waals surface area contributed by atoms with E-state index >= 15 is 0 Å². The molecule has 1 unspecified atom stereocenters. The zero-order valence-corrected chi connectivity index (χ0v) is 11.2. The number of carbonyl (C=O) groups is 3. The fourth-order valence-electron chi connectivity index (χ4n) is 1.64. The lowest BCUT2D eigenvalue weighted by Gasteiger charge is -2.21. The summed E-state index contributed by atoms with van der Waals surface area (Å²) in [6, 6.07) is -0.673. The lowest BCUT2D eigenvalue weighted by atomic mass is 10.1. The number of aryl methyl sites for hydroxylation is 1. The number of imide groups is 1. The molecule has 1 aromatic heterocycles. The first-order chi connectivity index (χ1) is 8.49. The molecule has 0 aliphatic carbocycles. The quantitative estimate of drug-likeness (QED) is 0.803. The summed E-state index contributed by atoms with van der Waals surface area (Å²) in [5.74, 6) is -1.16. The van der Waals surface area contributed by atoms with E-state index in [1.54, 1.807) is 5.38 Å². The van der Waals surface area contributed by atoms with E-state index in [0.29, 0.717) is 16.3 Å². The maximum Gasteiger partial charge on any atom is 0.263 e. The van der Waals surface area contributed by atoms with E-state index in [1.807, 2.05) is 6.92 Å². The van der Waals surface area contributed by atoms with Crippen molar-refractivity contribution in [2.75, 3.05) is 0 Å². The average Bonchev–Trinajstić information content (AvgIpc) is 2.64. The SMILES string of the molecule is Cc1csc(C(=O)NC2CCC(=O)NC2=O)c1Cl. The van der Waals surface area contributed by atoms with Crippen molar-refractivity contribution in [1.82, 2.24) is 10.6 Å². The largest absolute Gasteiger partial charge is 0.339 e. The molecule has 1 fully saturated rings. The molecule has 0 bridgehead atoms. The lowest BCUT2D eigenvalue weighted by molar-refractivity contribution is -0.134. The van der Waals surface area contributed by atoms with Crippen molar-refractivity contribution in [3.05, 3.63) is 20.8 Å². The van der Waals surface area contributed by atoms with E-state index in [-0.39, 0.29) is 18.2 Å². The Bertz CT molecular complexity index is 526. The Morgan fingerprint density at radius 2 is 2.28 bits per heavy atom. The summed E-state index contributed by atoms with van der Waals surface area (Å²) >= 11 is 7.21. The minimum absolute atomic E-state index is 0.230. The zero-order valence-electron chi connectivity index (χ0n) is 9.58. The molecule has 0 saturated carbocycles. The normalized spacial score (nSPS) is 19.6. The van der Waals surface area contributed by atoms with Gasteiger partial charge in [0.1, 0.15) is 10.9 Å². The van der Waals surface area contributed by atoms with Crippen LogP contribution in [-0.2, 0) is 9.59 Å². The van der Waals surface area contributed by atoms with Crippen LogP contribution in [0.3, 0.4) is 0 Å². The van der Waals surface area contributed by atoms with Gasteiger partial charge in [0.2, 0.25) is 11.8 Å². The van der Waals surface area contributed by atoms with Crippen LogP contribution in [0.2, 0.25) is 5.02 Å². The van der Waals surface area contributed by atoms with Gasteiger partial charge in [-0.1, -0.05) is 11.6 Å². The molecule has 7 heteroatoms. The van der Waals surface area contributed by atoms with Crippen LogP contribution >= 0.6 is 22.9 Å². The van der Waals surface area contributed by atoms with Crippen molar-refractivity contribution in [2.45, 2.75) is 25.8 Å². The Morgan fingerprint density at radius 3 is 2.83 bits per heavy atom. The number of rotatable bonds is 2. The molecule has 1 aromatic rings. The monoisotopic (exact) mass is 286 g/mol. The summed E-state index contributed by atoms with van der Waals surface area (Å²) in [6.07, 6.45) is 0.548. The average molecular weight is 287 g/mol. The Balaban J connectivity index is 2.06. The fraction of sp³-hybridized carbons (Fsp3) is 0.364. The van der Waals surface area contributed by atoms with Gasteiger partial charge in [0, 0.05) is 6.42 Å². The van der Waals surface area contributed by atoms with Gasteiger partial charge in [-0.25, -0.2) is 0 Å². The minimum Gasteiger partial charge on any atom is -0.339 e. The van der Waals surface area contributed by atoms with E-state index in [4.69, 9.17) is 11.6 Å². The summed E-state index contributed by atoms with van der Waals surface area (Å²) in [7, 11) is 0. The third kappa shape index (κ3) is 2.54. The number of nitrogens with one attached hydrogen (secondary N) is 2. The molecule has 1 aliphatic rings. The Kier molecular flexibility index (Phi) is 3.68. The Morgan fingerprint density at radius 1 is 1.56 bits per heavy atom. The van der Waals surface area contributed by atoms with Gasteiger partial charge in [-0.05, 0) is 24.3 Å². The van der Waals surface area contributed by atoms with Gasteiger partial charge in [0.25, 0.3) is 5.91 Å². The van der Waals surface area contributed by atoms with Crippen molar-refractivity contribution in [3.63, 3.8) is 0 Å². The van der Waals surface area contributed by atoms with Crippen LogP contribution in [0.15, 0.2) is 5.38 Å². The molecule has 1 saturated heterocycles. The van der Waals surface area contributed by atoms with Crippen molar-refractivity contribution < 1.29 is 14.4 Å². The van der Waals surface area contributed by atoms with Crippen LogP contribution < -0.4 is 10.6 Å². The number of thiophene rings is 1. The molecule has 0 aromatic carbocycles. The molecule has 0 spiro atoms. The maximum atomic E-state index is 11.9. The van der Waals surface area contributed by atoms with Gasteiger partial charge in [-0.15, -0.1) is 11.3 Å². The second kappa shape index (κ2) is 5.07. The van der Waals surface area contributed by atoms with Gasteiger partial charge in [0.15, 0.2) is 0 Å². The number of carbonyl (C=O) groups excluding carboxylic acids is 3. The molecular weight excluding hydrogens is 276 g/mol. The van der Waals surface area contributed by atoms with Crippen LogP contribution in [-0.4, -0.2) is 23.8 Å². The van der Waals surface area contributed by atoms with Crippen LogP contribution in [0.5, 0.6) is 0 Å². The highest BCUT2D eigenvalue weighted by molar-refractivity contribution is 7.13. The zero-order chi connectivity index (χ0) is 13.3. The van der Waals surface area contributed by atoms with Crippen LogP contribution in [0.25, 0.3) is 0 Å². The predicted octanol–water partition coefficient (Wildman–Crippen LogP) is 1.24. The molecule has 96 valence electrons. The third-order valence-corrected chi connectivity index (χ3v) is 4.35. The highest BCUT2D eigenvalue weighted by atomic mass is 35.5. The van der Waals surface area contributed by atoms with E-state index in [9.17, 15) is 14.4 Å². The first-order valence-corrected chi connectivity index (χ1v) is 6.63. The predicted molar refractivity (Wildman–Crippen MR) is 67.7 cm³/mol. The van der Waals surface area contributed by atoms with Crippen LogP contribution in [0, 0.1) is 6.92 Å². The topological polar surface area (TPSA) is 75.3 Å². The number of hydrogen-bond donors (Lipinski definition) is 2. The van der Waals surface area contributed by atoms with Crippen molar-refractivity contribution in [3.8, 4) is 0 Å². The summed E-state index contributed by atoms with van der Waals surface area (Å²) in [5, 5.41) is 6.95. The second-order valence-corrected chi connectivity index (χ2v) is 5.30. The van der Waals surface area contributed by atoms with Gasteiger partial charge < -0.3 is 5.32 Å². The molecule has 2 heterocycles. The van der Waals surface area contributed by atoms with E-state index in [0.717, 1.165) is 5.56 Å². The Labute approximate surface area is 113 Å². The first kappa shape index (κ1) is 13.0. The smallest absolute Gasteiger partial charge is 0.263 e. The maximum absolute atomic E-state index is 11.9. The van der Waals surface area contributed by atoms with Crippen LogP contribution in [0.4, 0.5) is 0 Å². The summed E-state index contributed by atoms with van der Waals surface area (Å²) in [6.45, 7) is 1.81. The summed E-state index contributed by atoms with van der Waals surface area (Å²) in [5.41, 5.74) is 0.829. The van der Waals surface area contributed by atoms with E-state index in [2.05, 4.69) is 10.6 Å². The van der Waals surface area contributed by atoms with Gasteiger partial charge >= 0.3 is 0 Å². The second-order valence-electron chi connectivity index (χ2n) is 4.04. The highest BCUT2D eigenvalue weighted by Crippen LogP contribution is 2.27. The molecule has 3 amide bonds. The van der Waals surface area contributed by atoms with E-state index < -0.39 is 11.9 Å². The first-order valence-electron chi connectivity index (χ1n) is 5.37. The van der Waals surface area contributed by atoms with E-state index in [1.165, 1.54) is 11.3 Å². The molecular formula is C11H11ClN2O3S. The van der Waals surface area contributed by atoms with Crippen molar-refractivity contribution in [1.29, 1.82) is 0 Å². The fourth-order valence-corrected chi connectivity index (χ4v) is 2.82. The van der Waals surface area contributed by atoms with Crippen molar-refractivity contribution >= 4 is 40.7 Å². The molecule has 2 rings (SSSR count). The lowest BCUT2D eigenvalue weighted by Crippen LogP contribution is -2.52. The Hall–Kier alpha value is -1.40. The van der Waals surface area contributed by atoms with Gasteiger partial charge in [0.05, 0.1) is 5.02 Å². The van der Waals surface area contributed by atoms with Crippen molar-refractivity contribution in [2.24, 2.45) is 0 Å². The standard InChI is InChI=1S/C11H11ClN2O3S/c1-5-4-18-9(8(5)12)11(17)13-6-2-3-7(15)14-10(6)16/h4,6H,2-3H2,1H3,(H,13,17)(H,14,15,16). The molecule has 1 atom stereocenters. The molecule has 18 heavy (non-hydrogen) atoms. The molecule has 0 radical (unpaired) electrons. The highest BCUT2D eigenvalue weighted by Gasteiger charge is 2.29. The number of halogens is 1. The minimum atomic E-state index is -0.673. The number of hydrogen-bond acceptors (Lipinski definition) is 4. The number of piperidine rings is 1. The molecule has 5 nitrogen and oxygen atoms in total. The van der Waals surface area contributed by atoms with Gasteiger partial charge in [-0.2, -0.15) is 0 Å². The van der Waals surface area contributed by atoms with Gasteiger partial charge in [-0.3, -0.25) is 19.7 Å². The number of amides is 3. The van der Waals surface area contributed by atoms with Crippen LogP contribution in [0.1, 0.15) is 28.1 Å².